The molecule has 2 rings (SSSR count). The summed E-state index contributed by atoms with van der Waals surface area (Å²) < 4.78 is 19.0. The predicted octanol–water partition coefficient (Wildman–Crippen LogP) is 3.35. The van der Waals surface area contributed by atoms with Crippen molar-refractivity contribution in [3.05, 3.63) is 24.0 Å². The Kier molecular flexibility index (Phi) is 3.28. The molecule has 1 amide bonds. The van der Waals surface area contributed by atoms with Crippen molar-refractivity contribution in [3.8, 4) is 5.75 Å². The molecule has 0 radical (unpaired) electrons. The highest BCUT2D eigenvalue weighted by Crippen LogP contribution is 2.45. The third kappa shape index (κ3) is 2.81. The molecular weight excluding hydrogens is 233 g/mol. The molecule has 1 saturated carbocycles. The Morgan fingerprint density at radius 2 is 2.11 bits per heavy atom. The topological polar surface area (TPSA) is 38.3 Å². The summed E-state index contributed by atoms with van der Waals surface area (Å²) >= 11 is 0. The third-order valence-electron chi connectivity index (χ3n) is 3.10. The van der Waals surface area contributed by atoms with Gasteiger partial charge in [-0.15, -0.1) is 0 Å². The maximum Gasteiger partial charge on any atom is 0.230 e. The molecule has 0 aliphatic heterocycles. The van der Waals surface area contributed by atoms with Crippen LogP contribution in [-0.4, -0.2) is 12.0 Å². The van der Waals surface area contributed by atoms with Crippen LogP contribution in [0.3, 0.4) is 0 Å². The van der Waals surface area contributed by atoms with E-state index >= 15 is 0 Å². The van der Waals surface area contributed by atoms with Crippen LogP contribution in [0.5, 0.6) is 5.75 Å². The molecular formula is C14H18FNO2. The molecule has 1 aliphatic carbocycles. The Labute approximate surface area is 106 Å². The minimum absolute atomic E-state index is 0.0422. The number of halogens is 1. The number of anilines is 1. The number of hydrogen-bond donors (Lipinski definition) is 1. The largest absolute Gasteiger partial charge is 0.488 e. The average molecular weight is 251 g/mol. The number of hydrogen-bond acceptors (Lipinski definition) is 2. The number of benzene rings is 1. The smallest absolute Gasteiger partial charge is 0.230 e. The van der Waals surface area contributed by atoms with E-state index in [2.05, 4.69) is 5.32 Å². The Bertz CT molecular complexity index is 467. The molecule has 1 fully saturated rings. The average Bonchev–Trinajstić information content (AvgIpc) is 3.01. The van der Waals surface area contributed by atoms with Gasteiger partial charge in [-0.05, 0) is 38.8 Å². The normalized spacial score (nSPS) is 16.5. The van der Waals surface area contributed by atoms with Crippen LogP contribution in [-0.2, 0) is 4.79 Å². The van der Waals surface area contributed by atoms with Crippen molar-refractivity contribution >= 4 is 11.6 Å². The minimum Gasteiger partial charge on any atom is -0.488 e. The first-order valence-corrected chi connectivity index (χ1v) is 6.18. The fourth-order valence-electron chi connectivity index (χ4n) is 1.62. The second-order valence-electron chi connectivity index (χ2n) is 5.33. The zero-order valence-corrected chi connectivity index (χ0v) is 10.9. The van der Waals surface area contributed by atoms with E-state index in [0.29, 0.717) is 5.69 Å². The molecule has 1 aliphatic rings. The SMILES string of the molecule is CC(C)Oc1ccc(NC(=O)C2(C)CC2)cc1F. The number of carbonyl (C=O) groups excluding carboxylic acids is 1. The molecule has 0 heterocycles. The summed E-state index contributed by atoms with van der Waals surface area (Å²) in [7, 11) is 0. The molecule has 0 bridgehead atoms. The summed E-state index contributed by atoms with van der Waals surface area (Å²) in [6.45, 7) is 5.58. The summed E-state index contributed by atoms with van der Waals surface area (Å²) in [4.78, 5) is 11.8. The van der Waals surface area contributed by atoms with E-state index in [4.69, 9.17) is 4.74 Å². The fourth-order valence-corrected chi connectivity index (χ4v) is 1.62. The first kappa shape index (κ1) is 12.9. The maximum atomic E-state index is 13.7. The van der Waals surface area contributed by atoms with Crippen LogP contribution in [0.1, 0.15) is 33.6 Å². The number of carbonyl (C=O) groups is 1. The van der Waals surface area contributed by atoms with Gasteiger partial charge in [-0.2, -0.15) is 0 Å². The van der Waals surface area contributed by atoms with Gasteiger partial charge < -0.3 is 10.1 Å². The second-order valence-corrected chi connectivity index (χ2v) is 5.33. The lowest BCUT2D eigenvalue weighted by Crippen LogP contribution is -2.21. The molecule has 1 aromatic carbocycles. The fraction of sp³-hybridized carbons (Fsp3) is 0.500. The number of ether oxygens (including phenoxy) is 1. The lowest BCUT2D eigenvalue weighted by atomic mass is 10.1. The summed E-state index contributed by atoms with van der Waals surface area (Å²) in [5.41, 5.74) is 0.213. The van der Waals surface area contributed by atoms with Crippen LogP contribution in [0.4, 0.5) is 10.1 Å². The second kappa shape index (κ2) is 4.59. The maximum absolute atomic E-state index is 13.7. The van der Waals surface area contributed by atoms with Crippen molar-refractivity contribution in [1.29, 1.82) is 0 Å². The number of nitrogens with one attached hydrogen (secondary N) is 1. The van der Waals surface area contributed by atoms with Crippen LogP contribution in [0.2, 0.25) is 0 Å². The van der Waals surface area contributed by atoms with Gasteiger partial charge in [-0.1, -0.05) is 6.92 Å². The van der Waals surface area contributed by atoms with Crippen molar-refractivity contribution in [2.24, 2.45) is 5.41 Å². The first-order chi connectivity index (χ1) is 8.40. The molecule has 18 heavy (non-hydrogen) atoms. The molecule has 3 nitrogen and oxygen atoms in total. The Balaban J connectivity index is 2.06. The molecule has 0 aromatic heterocycles. The molecule has 0 unspecified atom stereocenters. The monoisotopic (exact) mass is 251 g/mol. The van der Waals surface area contributed by atoms with Crippen LogP contribution in [0.25, 0.3) is 0 Å². The molecule has 0 saturated heterocycles. The van der Waals surface area contributed by atoms with Crippen molar-refractivity contribution in [1.82, 2.24) is 0 Å². The van der Waals surface area contributed by atoms with Gasteiger partial charge in [0.15, 0.2) is 11.6 Å². The van der Waals surface area contributed by atoms with Gasteiger partial charge in [0, 0.05) is 17.2 Å². The van der Waals surface area contributed by atoms with Gasteiger partial charge in [0.05, 0.1) is 6.10 Å². The van der Waals surface area contributed by atoms with E-state index in [9.17, 15) is 9.18 Å². The number of amides is 1. The van der Waals surface area contributed by atoms with Crippen LogP contribution in [0.15, 0.2) is 18.2 Å². The van der Waals surface area contributed by atoms with E-state index < -0.39 is 5.82 Å². The molecule has 4 heteroatoms. The lowest BCUT2D eigenvalue weighted by molar-refractivity contribution is -0.120. The van der Waals surface area contributed by atoms with Crippen molar-refractivity contribution in [2.75, 3.05) is 5.32 Å². The van der Waals surface area contributed by atoms with Crippen LogP contribution >= 0.6 is 0 Å². The van der Waals surface area contributed by atoms with Gasteiger partial charge in [0.25, 0.3) is 0 Å². The summed E-state index contributed by atoms with van der Waals surface area (Å²) in [6.07, 6.45) is 1.72. The van der Waals surface area contributed by atoms with Crippen LogP contribution in [0, 0.1) is 11.2 Å². The standard InChI is InChI=1S/C14H18FNO2/c1-9(2)18-12-5-4-10(8-11(12)15)16-13(17)14(3)6-7-14/h4-5,8-9H,6-7H2,1-3H3,(H,16,17). The van der Waals surface area contributed by atoms with Gasteiger partial charge in [-0.3, -0.25) is 4.79 Å². The molecule has 98 valence electrons. The highest BCUT2D eigenvalue weighted by atomic mass is 19.1. The minimum atomic E-state index is -0.456. The van der Waals surface area contributed by atoms with Gasteiger partial charge >= 0.3 is 0 Å². The molecule has 1 aromatic rings. The Morgan fingerprint density at radius 3 is 2.61 bits per heavy atom. The highest BCUT2D eigenvalue weighted by molar-refractivity contribution is 5.96. The molecule has 0 atom stereocenters. The molecule has 0 spiro atoms. The zero-order valence-electron chi connectivity index (χ0n) is 10.9. The zero-order chi connectivity index (χ0) is 13.3. The first-order valence-electron chi connectivity index (χ1n) is 6.18. The summed E-state index contributed by atoms with van der Waals surface area (Å²) in [5.74, 6) is -0.289. The third-order valence-corrected chi connectivity index (χ3v) is 3.10. The Hall–Kier alpha value is -1.58. The highest BCUT2D eigenvalue weighted by Gasteiger charge is 2.44. The van der Waals surface area contributed by atoms with Gasteiger partial charge in [0.1, 0.15) is 0 Å². The van der Waals surface area contributed by atoms with Gasteiger partial charge in [0.2, 0.25) is 5.91 Å². The Morgan fingerprint density at radius 1 is 1.44 bits per heavy atom. The quantitative estimate of drug-likeness (QED) is 0.891. The van der Waals surface area contributed by atoms with Crippen molar-refractivity contribution < 1.29 is 13.9 Å². The van der Waals surface area contributed by atoms with Crippen LogP contribution < -0.4 is 10.1 Å². The summed E-state index contributed by atoms with van der Waals surface area (Å²) in [5, 5.41) is 2.73. The lowest BCUT2D eigenvalue weighted by Gasteiger charge is -2.13. The van der Waals surface area contributed by atoms with E-state index in [1.807, 2.05) is 20.8 Å². The van der Waals surface area contributed by atoms with E-state index in [1.54, 1.807) is 12.1 Å². The van der Waals surface area contributed by atoms with E-state index in [-0.39, 0.29) is 23.2 Å². The molecule has 1 N–H and O–H groups in total. The summed E-state index contributed by atoms with van der Waals surface area (Å²) in [6, 6.07) is 4.49. The van der Waals surface area contributed by atoms with E-state index in [0.717, 1.165) is 12.8 Å². The predicted molar refractivity (Wildman–Crippen MR) is 68.1 cm³/mol. The number of rotatable bonds is 4. The van der Waals surface area contributed by atoms with E-state index in [1.165, 1.54) is 6.07 Å². The van der Waals surface area contributed by atoms with Crippen molar-refractivity contribution in [2.45, 2.75) is 39.7 Å². The van der Waals surface area contributed by atoms with Gasteiger partial charge in [-0.25, -0.2) is 4.39 Å². The van der Waals surface area contributed by atoms with Crippen molar-refractivity contribution in [3.63, 3.8) is 0 Å².